The largest absolute Gasteiger partial charge is 0.278 e. The highest BCUT2D eigenvalue weighted by atomic mass is 15.2. The maximum atomic E-state index is 5.31. The minimum Gasteiger partial charge on any atom is -0.278 e. The Morgan fingerprint density at radius 2 is 0.745 bits per heavy atom. The van der Waals surface area contributed by atoms with Crippen molar-refractivity contribution < 1.29 is 0 Å². The van der Waals surface area contributed by atoms with Gasteiger partial charge in [-0.1, -0.05) is 176 Å². The fourth-order valence-electron chi connectivity index (χ4n) is 7.61. The Morgan fingerprint density at radius 3 is 1.36 bits per heavy atom. The van der Waals surface area contributed by atoms with Crippen molar-refractivity contribution >= 4 is 21.8 Å². The predicted molar refractivity (Wildman–Crippen MR) is 227 cm³/mol. The Bertz CT molecular complexity index is 2950. The second-order valence-electron chi connectivity index (χ2n) is 13.7. The van der Waals surface area contributed by atoms with Gasteiger partial charge in [-0.3, -0.25) is 4.57 Å². The van der Waals surface area contributed by atoms with Crippen molar-refractivity contribution in [3.8, 4) is 73.2 Å². The molecule has 0 aliphatic carbocycles. The van der Waals surface area contributed by atoms with Gasteiger partial charge in [-0.05, 0) is 74.8 Å². The van der Waals surface area contributed by atoms with Crippen molar-refractivity contribution in [3.63, 3.8) is 0 Å². The molecular weight excluding hydrogens is 669 g/mol. The summed E-state index contributed by atoms with van der Waals surface area (Å²) in [6.45, 7) is 0. The summed E-state index contributed by atoms with van der Waals surface area (Å²) in [6, 6.07) is 72.3. The van der Waals surface area contributed by atoms with E-state index in [1.54, 1.807) is 0 Å². The number of para-hydroxylation sites is 1. The molecule has 258 valence electrons. The van der Waals surface area contributed by atoms with Crippen molar-refractivity contribution in [1.82, 2.24) is 19.5 Å². The van der Waals surface area contributed by atoms with E-state index >= 15 is 0 Å². The maximum absolute atomic E-state index is 5.31. The van der Waals surface area contributed by atoms with Crippen LogP contribution in [0.15, 0.2) is 206 Å². The molecule has 0 fully saturated rings. The van der Waals surface area contributed by atoms with Crippen LogP contribution in [-0.4, -0.2) is 19.5 Å². The zero-order valence-electron chi connectivity index (χ0n) is 29.9. The molecule has 0 saturated heterocycles. The molecular formula is C51H34N4. The molecule has 0 bridgehead atoms. The highest BCUT2D eigenvalue weighted by Gasteiger charge is 2.22. The first kappa shape index (κ1) is 32.2. The van der Waals surface area contributed by atoms with Gasteiger partial charge in [-0.25, -0.2) is 4.98 Å². The number of fused-ring (bicyclic) bond motifs is 3. The van der Waals surface area contributed by atoms with Crippen molar-refractivity contribution in [2.75, 3.05) is 0 Å². The second-order valence-corrected chi connectivity index (χ2v) is 13.7. The van der Waals surface area contributed by atoms with Crippen LogP contribution in [0, 0.1) is 0 Å². The molecule has 0 amide bonds. The zero-order chi connectivity index (χ0) is 36.6. The van der Waals surface area contributed by atoms with E-state index in [0.29, 0.717) is 17.6 Å². The van der Waals surface area contributed by atoms with E-state index < -0.39 is 0 Å². The SMILES string of the molecule is c1ccc(-c2cccc(-c3nc(-c4ccccc4)nc(-n4c5ccccc5c5c(-c6cccc(-c7ccccc7)c6)cc(-c6ccccc6)cc54)n3)c2)cc1. The van der Waals surface area contributed by atoms with Crippen LogP contribution < -0.4 is 0 Å². The second kappa shape index (κ2) is 13.8. The average Bonchev–Trinajstić information content (AvgIpc) is 3.61. The van der Waals surface area contributed by atoms with Crippen molar-refractivity contribution in [2.24, 2.45) is 0 Å². The van der Waals surface area contributed by atoms with Crippen molar-refractivity contribution in [1.29, 1.82) is 0 Å². The van der Waals surface area contributed by atoms with E-state index in [1.807, 2.05) is 24.3 Å². The molecule has 10 aromatic rings. The molecule has 0 unspecified atom stereocenters. The molecule has 0 N–H and O–H groups in total. The monoisotopic (exact) mass is 702 g/mol. The standard InChI is InChI=1S/C51H34N4/c1-5-17-35(18-6-1)39-25-15-27-41(31-39)45-33-43(37-21-9-3-10-22-37)34-47-48(45)44-29-13-14-30-46(44)55(47)51-53-49(38-23-11-4-12-24-38)52-50(54-51)42-28-16-26-40(32-42)36-19-7-2-8-20-36/h1-34H. The minimum absolute atomic E-state index is 0.564. The minimum atomic E-state index is 0.564. The molecule has 2 aromatic heterocycles. The van der Waals surface area contributed by atoms with E-state index in [2.05, 4.69) is 187 Å². The molecule has 0 radical (unpaired) electrons. The first-order valence-corrected chi connectivity index (χ1v) is 18.5. The normalized spacial score (nSPS) is 11.3. The highest BCUT2D eigenvalue weighted by molar-refractivity contribution is 6.17. The van der Waals surface area contributed by atoms with Gasteiger partial charge in [-0.15, -0.1) is 0 Å². The van der Waals surface area contributed by atoms with Gasteiger partial charge in [-0.2, -0.15) is 9.97 Å². The number of aromatic nitrogens is 4. The average molecular weight is 703 g/mol. The topological polar surface area (TPSA) is 43.6 Å². The predicted octanol–water partition coefficient (Wildman–Crippen LogP) is 13.0. The lowest BCUT2D eigenvalue weighted by molar-refractivity contribution is 0.953. The smallest absolute Gasteiger partial charge is 0.238 e. The molecule has 0 aliphatic heterocycles. The lowest BCUT2D eigenvalue weighted by Gasteiger charge is -2.14. The van der Waals surface area contributed by atoms with Crippen LogP contribution in [0.4, 0.5) is 0 Å². The Kier molecular flexibility index (Phi) is 8.12. The molecule has 2 heterocycles. The number of hydrogen-bond donors (Lipinski definition) is 0. The van der Waals surface area contributed by atoms with Gasteiger partial charge < -0.3 is 0 Å². The molecule has 0 atom stereocenters. The molecule has 55 heavy (non-hydrogen) atoms. The van der Waals surface area contributed by atoms with E-state index in [1.165, 1.54) is 11.1 Å². The van der Waals surface area contributed by atoms with Crippen molar-refractivity contribution in [2.45, 2.75) is 0 Å². The third kappa shape index (κ3) is 6.06. The summed E-state index contributed by atoms with van der Waals surface area (Å²) in [5, 5.41) is 2.28. The summed E-state index contributed by atoms with van der Waals surface area (Å²) >= 11 is 0. The summed E-state index contributed by atoms with van der Waals surface area (Å²) in [6.07, 6.45) is 0. The fourth-order valence-corrected chi connectivity index (χ4v) is 7.61. The molecule has 4 heteroatoms. The molecule has 0 spiro atoms. The van der Waals surface area contributed by atoms with Crippen LogP contribution in [-0.2, 0) is 0 Å². The summed E-state index contributed by atoms with van der Waals surface area (Å²) < 4.78 is 2.22. The highest BCUT2D eigenvalue weighted by Crippen LogP contribution is 2.42. The van der Waals surface area contributed by atoms with Gasteiger partial charge in [0.1, 0.15) is 0 Å². The molecule has 0 saturated carbocycles. The zero-order valence-corrected chi connectivity index (χ0v) is 29.9. The van der Waals surface area contributed by atoms with Crippen LogP contribution in [0.3, 0.4) is 0 Å². The molecule has 10 rings (SSSR count). The number of benzene rings is 8. The van der Waals surface area contributed by atoms with Crippen LogP contribution >= 0.6 is 0 Å². The fraction of sp³-hybridized carbons (Fsp3) is 0. The molecule has 4 nitrogen and oxygen atoms in total. The first-order chi connectivity index (χ1) is 27.3. The lowest BCUT2D eigenvalue weighted by atomic mass is 9.92. The first-order valence-electron chi connectivity index (χ1n) is 18.5. The summed E-state index contributed by atoms with van der Waals surface area (Å²) in [5.41, 5.74) is 13.1. The maximum Gasteiger partial charge on any atom is 0.238 e. The Labute approximate surface area is 319 Å². The third-order valence-corrected chi connectivity index (χ3v) is 10.2. The van der Waals surface area contributed by atoms with Crippen molar-refractivity contribution in [3.05, 3.63) is 206 Å². The van der Waals surface area contributed by atoms with Crippen LogP contribution in [0.25, 0.3) is 95.0 Å². The quantitative estimate of drug-likeness (QED) is 0.166. The van der Waals surface area contributed by atoms with E-state index in [9.17, 15) is 0 Å². The van der Waals surface area contributed by atoms with E-state index in [0.717, 1.165) is 66.3 Å². The molecule has 0 aliphatic rings. The van der Waals surface area contributed by atoms with Gasteiger partial charge >= 0.3 is 0 Å². The van der Waals surface area contributed by atoms with E-state index in [-0.39, 0.29) is 0 Å². The van der Waals surface area contributed by atoms with Gasteiger partial charge in [0, 0.05) is 21.9 Å². The number of hydrogen-bond acceptors (Lipinski definition) is 3. The van der Waals surface area contributed by atoms with Gasteiger partial charge in [0.05, 0.1) is 11.0 Å². The van der Waals surface area contributed by atoms with Crippen LogP contribution in [0.2, 0.25) is 0 Å². The summed E-state index contributed by atoms with van der Waals surface area (Å²) in [5.74, 6) is 1.79. The van der Waals surface area contributed by atoms with Gasteiger partial charge in [0.25, 0.3) is 0 Å². The Hall–Kier alpha value is -7.43. The summed E-state index contributed by atoms with van der Waals surface area (Å²) in [4.78, 5) is 15.7. The summed E-state index contributed by atoms with van der Waals surface area (Å²) in [7, 11) is 0. The number of rotatable bonds is 7. The van der Waals surface area contributed by atoms with Crippen LogP contribution in [0.1, 0.15) is 0 Å². The van der Waals surface area contributed by atoms with Crippen LogP contribution in [0.5, 0.6) is 0 Å². The molecule has 8 aromatic carbocycles. The number of nitrogens with zero attached hydrogens (tertiary/aromatic N) is 4. The Balaban J connectivity index is 1.26. The third-order valence-electron chi connectivity index (χ3n) is 10.2. The van der Waals surface area contributed by atoms with E-state index in [4.69, 9.17) is 15.0 Å². The Morgan fingerprint density at radius 1 is 0.291 bits per heavy atom. The lowest BCUT2D eigenvalue weighted by Crippen LogP contribution is -2.06. The van der Waals surface area contributed by atoms with Gasteiger partial charge in [0.2, 0.25) is 5.95 Å². The van der Waals surface area contributed by atoms with Gasteiger partial charge in [0.15, 0.2) is 11.6 Å².